The first-order chi connectivity index (χ1) is 9.72. The van der Waals surface area contributed by atoms with E-state index < -0.39 is 0 Å². The quantitative estimate of drug-likeness (QED) is 0.815. The van der Waals surface area contributed by atoms with Gasteiger partial charge in [-0.3, -0.25) is 9.78 Å². The number of aromatic nitrogens is 1. The number of nitrogens with two attached hydrogens (primary N) is 1. The Morgan fingerprint density at radius 2 is 2.15 bits per heavy atom. The Morgan fingerprint density at radius 1 is 1.35 bits per heavy atom. The molecule has 0 fully saturated rings. The molecule has 0 spiro atoms. The Labute approximate surface area is 118 Å². The number of hydrogen-bond donors (Lipinski definition) is 2. The zero-order valence-electron chi connectivity index (χ0n) is 11.2. The second-order valence-electron chi connectivity index (χ2n) is 4.20. The molecule has 1 aromatic carbocycles. The smallest absolute Gasteiger partial charge is 0.256 e. The van der Waals surface area contributed by atoms with E-state index in [-0.39, 0.29) is 12.5 Å². The third kappa shape index (κ3) is 3.22. The number of carbonyl (C=O) groups excluding carboxylic acids is 1. The molecule has 0 saturated carbocycles. The van der Waals surface area contributed by atoms with Crippen LogP contribution in [0.4, 0.5) is 5.69 Å². The zero-order chi connectivity index (χ0) is 14.4. The molecule has 0 saturated heterocycles. The lowest BCUT2D eigenvalue weighted by Gasteiger charge is -2.08. The number of benzene rings is 1. The summed E-state index contributed by atoms with van der Waals surface area (Å²) in [6.45, 7) is 2.18. The molecule has 2 rings (SSSR count). The summed E-state index contributed by atoms with van der Waals surface area (Å²) < 4.78 is 0. The van der Waals surface area contributed by atoms with Crippen molar-refractivity contribution < 1.29 is 4.79 Å². The summed E-state index contributed by atoms with van der Waals surface area (Å²) in [6.07, 6.45) is 3.31. The van der Waals surface area contributed by atoms with Crippen molar-refractivity contribution >= 4 is 11.6 Å². The highest BCUT2D eigenvalue weighted by Gasteiger charge is 2.10. The molecule has 1 aromatic heterocycles. The van der Waals surface area contributed by atoms with Gasteiger partial charge in [0.25, 0.3) is 5.91 Å². The van der Waals surface area contributed by atoms with Gasteiger partial charge in [-0.25, -0.2) is 0 Å². The molecule has 2 aromatic rings. The van der Waals surface area contributed by atoms with E-state index in [0.29, 0.717) is 16.8 Å². The lowest BCUT2D eigenvalue weighted by molar-refractivity contribution is 0.102. The van der Waals surface area contributed by atoms with Gasteiger partial charge in [0.2, 0.25) is 0 Å². The SMILES string of the molecule is Cc1ccncc1NC(=O)c1ccccc1C#CCN. The van der Waals surface area contributed by atoms with Gasteiger partial charge >= 0.3 is 0 Å². The number of anilines is 1. The van der Waals surface area contributed by atoms with Crippen LogP contribution >= 0.6 is 0 Å². The van der Waals surface area contributed by atoms with Gasteiger partial charge in [-0.05, 0) is 30.7 Å². The number of hydrogen-bond acceptors (Lipinski definition) is 3. The van der Waals surface area contributed by atoms with Crippen LogP contribution in [0.25, 0.3) is 0 Å². The first-order valence-electron chi connectivity index (χ1n) is 6.22. The second kappa shape index (κ2) is 6.50. The van der Waals surface area contributed by atoms with E-state index in [4.69, 9.17) is 5.73 Å². The van der Waals surface area contributed by atoms with Crippen LogP contribution in [0, 0.1) is 18.8 Å². The summed E-state index contributed by atoms with van der Waals surface area (Å²) >= 11 is 0. The van der Waals surface area contributed by atoms with Crippen LogP contribution in [0.3, 0.4) is 0 Å². The number of amides is 1. The molecular weight excluding hydrogens is 250 g/mol. The van der Waals surface area contributed by atoms with Gasteiger partial charge in [0.15, 0.2) is 0 Å². The van der Waals surface area contributed by atoms with Gasteiger partial charge in [-0.1, -0.05) is 24.0 Å². The molecule has 0 bridgehead atoms. The molecule has 0 unspecified atom stereocenters. The summed E-state index contributed by atoms with van der Waals surface area (Å²) in [4.78, 5) is 16.3. The minimum absolute atomic E-state index is 0.206. The van der Waals surface area contributed by atoms with E-state index in [1.165, 1.54) is 0 Å². The van der Waals surface area contributed by atoms with Crippen molar-refractivity contribution in [1.29, 1.82) is 0 Å². The molecule has 0 aliphatic heterocycles. The average Bonchev–Trinajstić information content (AvgIpc) is 2.47. The lowest BCUT2D eigenvalue weighted by Crippen LogP contribution is -2.14. The molecule has 4 nitrogen and oxygen atoms in total. The van der Waals surface area contributed by atoms with E-state index >= 15 is 0 Å². The Bertz CT molecular complexity index is 683. The number of aryl methyl sites for hydroxylation is 1. The number of nitrogens with one attached hydrogen (secondary N) is 1. The van der Waals surface area contributed by atoms with E-state index in [2.05, 4.69) is 22.1 Å². The van der Waals surface area contributed by atoms with Crippen molar-refractivity contribution in [2.45, 2.75) is 6.92 Å². The van der Waals surface area contributed by atoms with E-state index in [1.54, 1.807) is 30.6 Å². The van der Waals surface area contributed by atoms with Gasteiger partial charge < -0.3 is 11.1 Å². The molecule has 1 amide bonds. The van der Waals surface area contributed by atoms with E-state index in [0.717, 1.165) is 5.56 Å². The minimum atomic E-state index is -0.206. The predicted molar refractivity (Wildman–Crippen MR) is 79.3 cm³/mol. The Kier molecular flexibility index (Phi) is 4.48. The van der Waals surface area contributed by atoms with Crippen molar-refractivity contribution in [3.63, 3.8) is 0 Å². The molecule has 3 N–H and O–H groups in total. The van der Waals surface area contributed by atoms with Gasteiger partial charge in [-0.15, -0.1) is 0 Å². The van der Waals surface area contributed by atoms with Crippen molar-refractivity contribution in [2.75, 3.05) is 11.9 Å². The first-order valence-corrected chi connectivity index (χ1v) is 6.22. The van der Waals surface area contributed by atoms with Gasteiger partial charge in [-0.2, -0.15) is 0 Å². The number of carbonyl (C=O) groups is 1. The molecule has 0 radical (unpaired) electrons. The minimum Gasteiger partial charge on any atom is -0.320 e. The number of rotatable bonds is 2. The van der Waals surface area contributed by atoms with Crippen LogP contribution in [0.15, 0.2) is 42.7 Å². The Hall–Kier alpha value is -2.64. The maximum atomic E-state index is 12.3. The molecule has 0 aliphatic rings. The maximum Gasteiger partial charge on any atom is 0.256 e. The normalized spacial score (nSPS) is 9.50. The van der Waals surface area contributed by atoms with Crippen LogP contribution < -0.4 is 11.1 Å². The second-order valence-corrected chi connectivity index (χ2v) is 4.20. The molecule has 4 heteroatoms. The molecule has 20 heavy (non-hydrogen) atoms. The van der Waals surface area contributed by atoms with Crippen molar-refractivity contribution in [3.8, 4) is 11.8 Å². The van der Waals surface area contributed by atoms with Crippen LogP contribution in [0.1, 0.15) is 21.5 Å². The molecular formula is C16H15N3O. The van der Waals surface area contributed by atoms with E-state index in [1.807, 2.05) is 19.1 Å². The first kappa shape index (κ1) is 13.8. The Morgan fingerprint density at radius 3 is 2.90 bits per heavy atom. The molecule has 1 heterocycles. The maximum absolute atomic E-state index is 12.3. The van der Waals surface area contributed by atoms with Crippen LogP contribution in [0.2, 0.25) is 0 Å². The fourth-order valence-electron chi connectivity index (χ4n) is 1.72. The summed E-state index contributed by atoms with van der Waals surface area (Å²) in [7, 11) is 0. The molecule has 100 valence electrons. The highest BCUT2D eigenvalue weighted by Crippen LogP contribution is 2.15. The summed E-state index contributed by atoms with van der Waals surface area (Å²) in [5.74, 6) is 5.46. The standard InChI is InChI=1S/C16H15N3O/c1-12-8-10-18-11-15(12)19-16(20)14-7-3-2-5-13(14)6-4-9-17/h2-3,5,7-8,10-11H,9,17H2,1H3,(H,19,20). The summed E-state index contributed by atoms with van der Waals surface area (Å²) in [5.41, 5.74) is 8.20. The predicted octanol–water partition coefficient (Wildman–Crippen LogP) is 1.95. The average molecular weight is 265 g/mol. The van der Waals surface area contributed by atoms with Gasteiger partial charge in [0.05, 0.1) is 24.0 Å². The molecule has 0 aliphatic carbocycles. The fourth-order valence-corrected chi connectivity index (χ4v) is 1.72. The monoisotopic (exact) mass is 265 g/mol. The number of nitrogens with zero attached hydrogens (tertiary/aromatic N) is 1. The van der Waals surface area contributed by atoms with Crippen LogP contribution in [-0.4, -0.2) is 17.4 Å². The highest BCUT2D eigenvalue weighted by atomic mass is 16.1. The van der Waals surface area contributed by atoms with Gasteiger partial charge in [0, 0.05) is 11.8 Å². The topological polar surface area (TPSA) is 68.0 Å². The summed E-state index contributed by atoms with van der Waals surface area (Å²) in [5, 5.41) is 2.84. The fraction of sp³-hybridized carbons (Fsp3) is 0.125. The Balaban J connectivity index is 2.28. The third-order valence-electron chi connectivity index (χ3n) is 2.78. The van der Waals surface area contributed by atoms with Crippen molar-refractivity contribution in [2.24, 2.45) is 5.73 Å². The van der Waals surface area contributed by atoms with Crippen molar-refractivity contribution in [1.82, 2.24) is 4.98 Å². The largest absolute Gasteiger partial charge is 0.320 e. The third-order valence-corrected chi connectivity index (χ3v) is 2.78. The zero-order valence-corrected chi connectivity index (χ0v) is 11.2. The van der Waals surface area contributed by atoms with Crippen LogP contribution in [0.5, 0.6) is 0 Å². The van der Waals surface area contributed by atoms with Crippen molar-refractivity contribution in [3.05, 3.63) is 59.4 Å². The van der Waals surface area contributed by atoms with Crippen LogP contribution in [-0.2, 0) is 0 Å². The van der Waals surface area contributed by atoms with E-state index in [9.17, 15) is 4.79 Å². The molecule has 0 atom stereocenters. The lowest BCUT2D eigenvalue weighted by atomic mass is 10.1. The van der Waals surface area contributed by atoms with Gasteiger partial charge in [0.1, 0.15) is 0 Å². The number of pyridine rings is 1. The highest BCUT2D eigenvalue weighted by molar-refractivity contribution is 6.06. The summed E-state index contributed by atoms with van der Waals surface area (Å²) in [6, 6.07) is 9.02.